The lowest BCUT2D eigenvalue weighted by atomic mass is 10.1. The molecule has 122 valence electrons. The summed E-state index contributed by atoms with van der Waals surface area (Å²) in [5.74, 6) is 0. The van der Waals surface area contributed by atoms with Crippen LogP contribution in [0, 0.1) is 0 Å². The molecule has 4 aromatic rings. The van der Waals surface area contributed by atoms with Gasteiger partial charge < -0.3 is 4.98 Å². The van der Waals surface area contributed by atoms with Gasteiger partial charge in [0.1, 0.15) is 0 Å². The molecule has 0 radical (unpaired) electrons. The van der Waals surface area contributed by atoms with E-state index in [0.717, 1.165) is 21.5 Å². The number of H-pyrrole nitrogens is 1. The number of fused-ring (bicyclic) bond motifs is 1. The van der Waals surface area contributed by atoms with Gasteiger partial charge >= 0.3 is 0 Å². The van der Waals surface area contributed by atoms with Crippen LogP contribution in [0.25, 0.3) is 10.8 Å². The molecule has 0 spiro atoms. The first-order chi connectivity index (χ1) is 12.3. The molecule has 0 unspecified atom stereocenters. The number of rotatable bonds is 4. The maximum absolute atomic E-state index is 12.0. The van der Waals surface area contributed by atoms with Crippen LogP contribution in [0.5, 0.6) is 0 Å². The highest BCUT2D eigenvalue weighted by Crippen LogP contribution is 2.31. The molecule has 0 saturated heterocycles. The SMILES string of the molecule is O=c1cc(Cc2ccccc2)nc(Sc2cccc3ccccc23)[nH]1. The van der Waals surface area contributed by atoms with E-state index in [1.54, 1.807) is 6.07 Å². The van der Waals surface area contributed by atoms with Crippen molar-refractivity contribution in [2.24, 2.45) is 0 Å². The lowest BCUT2D eigenvalue weighted by Gasteiger charge is -2.07. The van der Waals surface area contributed by atoms with Crippen LogP contribution in [0.3, 0.4) is 0 Å². The van der Waals surface area contributed by atoms with E-state index in [2.05, 4.69) is 34.2 Å². The van der Waals surface area contributed by atoms with Gasteiger partial charge in [0, 0.05) is 17.4 Å². The van der Waals surface area contributed by atoms with Crippen molar-refractivity contribution >= 4 is 22.5 Å². The first-order valence-corrected chi connectivity index (χ1v) is 8.89. The average molecular weight is 344 g/mol. The highest BCUT2D eigenvalue weighted by Gasteiger charge is 2.07. The van der Waals surface area contributed by atoms with E-state index in [1.807, 2.05) is 48.5 Å². The van der Waals surface area contributed by atoms with Crippen molar-refractivity contribution < 1.29 is 0 Å². The number of hydrogen-bond donors (Lipinski definition) is 1. The van der Waals surface area contributed by atoms with Crippen LogP contribution in [0.15, 0.2) is 93.7 Å². The van der Waals surface area contributed by atoms with Crippen molar-refractivity contribution in [3.8, 4) is 0 Å². The van der Waals surface area contributed by atoms with E-state index in [-0.39, 0.29) is 5.56 Å². The quantitative estimate of drug-likeness (QED) is 0.547. The second-order valence-corrected chi connectivity index (χ2v) is 6.81. The number of hydrogen-bond acceptors (Lipinski definition) is 3. The number of aromatic nitrogens is 2. The molecule has 0 aliphatic heterocycles. The molecule has 0 bridgehead atoms. The Morgan fingerprint density at radius 3 is 2.52 bits per heavy atom. The highest BCUT2D eigenvalue weighted by molar-refractivity contribution is 7.99. The van der Waals surface area contributed by atoms with E-state index in [0.29, 0.717) is 11.6 Å². The molecule has 0 amide bonds. The Kier molecular flexibility index (Phi) is 4.36. The molecule has 25 heavy (non-hydrogen) atoms. The number of aromatic amines is 1. The van der Waals surface area contributed by atoms with Gasteiger partial charge in [-0.05, 0) is 22.4 Å². The standard InChI is InChI=1S/C21H16N2OS/c24-20-14-17(13-15-7-2-1-3-8-15)22-21(23-20)25-19-12-6-10-16-9-4-5-11-18(16)19/h1-12,14H,13H2,(H,22,23,24). The van der Waals surface area contributed by atoms with E-state index >= 15 is 0 Å². The molecule has 1 N–H and O–H groups in total. The molecular formula is C21H16N2OS. The van der Waals surface area contributed by atoms with Crippen LogP contribution in [0.1, 0.15) is 11.3 Å². The molecule has 4 heteroatoms. The van der Waals surface area contributed by atoms with Crippen molar-refractivity contribution in [1.29, 1.82) is 0 Å². The molecule has 1 aromatic heterocycles. The van der Waals surface area contributed by atoms with Gasteiger partial charge in [-0.1, -0.05) is 78.5 Å². The average Bonchev–Trinajstić information content (AvgIpc) is 2.62. The summed E-state index contributed by atoms with van der Waals surface area (Å²) in [6.07, 6.45) is 0.647. The maximum Gasteiger partial charge on any atom is 0.251 e. The second-order valence-electron chi connectivity index (χ2n) is 5.78. The van der Waals surface area contributed by atoms with Gasteiger partial charge in [0.05, 0.1) is 5.69 Å². The van der Waals surface area contributed by atoms with Crippen LogP contribution in [-0.4, -0.2) is 9.97 Å². The highest BCUT2D eigenvalue weighted by atomic mass is 32.2. The van der Waals surface area contributed by atoms with E-state index in [9.17, 15) is 4.79 Å². The Bertz CT molecular complexity index is 1070. The second kappa shape index (κ2) is 6.95. The van der Waals surface area contributed by atoms with Gasteiger partial charge in [-0.25, -0.2) is 4.98 Å². The largest absolute Gasteiger partial charge is 0.301 e. The third-order valence-corrected chi connectivity index (χ3v) is 4.92. The Balaban J connectivity index is 1.67. The number of nitrogens with zero attached hydrogens (tertiary/aromatic N) is 1. The summed E-state index contributed by atoms with van der Waals surface area (Å²) >= 11 is 1.49. The zero-order valence-corrected chi connectivity index (χ0v) is 14.3. The normalized spacial score (nSPS) is 10.9. The summed E-state index contributed by atoms with van der Waals surface area (Å²) in [6, 6.07) is 26.0. The topological polar surface area (TPSA) is 45.8 Å². The van der Waals surface area contributed by atoms with E-state index < -0.39 is 0 Å². The van der Waals surface area contributed by atoms with Crippen molar-refractivity contribution in [3.05, 3.63) is 100 Å². The minimum absolute atomic E-state index is 0.122. The van der Waals surface area contributed by atoms with Crippen molar-refractivity contribution in [2.45, 2.75) is 16.5 Å². The fourth-order valence-electron chi connectivity index (χ4n) is 2.82. The summed E-state index contributed by atoms with van der Waals surface area (Å²) in [6.45, 7) is 0. The molecule has 0 aliphatic carbocycles. The van der Waals surface area contributed by atoms with Crippen molar-refractivity contribution in [3.63, 3.8) is 0 Å². The Morgan fingerprint density at radius 1 is 0.880 bits per heavy atom. The van der Waals surface area contributed by atoms with Gasteiger partial charge in [-0.3, -0.25) is 4.79 Å². The lowest BCUT2D eigenvalue weighted by molar-refractivity contribution is 0.880. The van der Waals surface area contributed by atoms with Crippen LogP contribution in [0.2, 0.25) is 0 Å². The van der Waals surface area contributed by atoms with Gasteiger partial charge in [0.15, 0.2) is 5.16 Å². The lowest BCUT2D eigenvalue weighted by Crippen LogP contribution is -2.10. The molecule has 4 rings (SSSR count). The Morgan fingerprint density at radius 2 is 1.64 bits per heavy atom. The minimum atomic E-state index is -0.122. The Hall–Kier alpha value is -2.85. The molecule has 0 fully saturated rings. The smallest absolute Gasteiger partial charge is 0.251 e. The summed E-state index contributed by atoms with van der Waals surface area (Å²) in [5.41, 5.74) is 1.79. The predicted molar refractivity (Wildman–Crippen MR) is 102 cm³/mol. The van der Waals surface area contributed by atoms with E-state index in [1.165, 1.54) is 17.1 Å². The molecule has 3 nitrogen and oxygen atoms in total. The van der Waals surface area contributed by atoms with Gasteiger partial charge in [-0.15, -0.1) is 0 Å². The van der Waals surface area contributed by atoms with Crippen LogP contribution >= 0.6 is 11.8 Å². The first kappa shape index (κ1) is 15.7. The molecule has 0 saturated carbocycles. The van der Waals surface area contributed by atoms with Gasteiger partial charge in [0.25, 0.3) is 5.56 Å². The molecule has 0 aliphatic rings. The zero-order valence-electron chi connectivity index (χ0n) is 13.5. The minimum Gasteiger partial charge on any atom is -0.301 e. The van der Waals surface area contributed by atoms with Crippen LogP contribution < -0.4 is 5.56 Å². The molecular weight excluding hydrogens is 328 g/mol. The van der Waals surface area contributed by atoms with E-state index in [4.69, 9.17) is 0 Å². The summed E-state index contributed by atoms with van der Waals surface area (Å²) in [4.78, 5) is 20.6. The van der Waals surface area contributed by atoms with Gasteiger partial charge in [0.2, 0.25) is 0 Å². The summed E-state index contributed by atoms with van der Waals surface area (Å²) in [5, 5.41) is 2.95. The molecule has 0 atom stereocenters. The summed E-state index contributed by atoms with van der Waals surface area (Å²) in [7, 11) is 0. The molecule has 3 aromatic carbocycles. The monoisotopic (exact) mass is 344 g/mol. The maximum atomic E-state index is 12.0. The summed E-state index contributed by atoms with van der Waals surface area (Å²) < 4.78 is 0. The predicted octanol–water partition coefficient (Wildman–Crippen LogP) is 4.67. The van der Waals surface area contributed by atoms with Gasteiger partial charge in [-0.2, -0.15) is 0 Å². The zero-order chi connectivity index (χ0) is 17.1. The van der Waals surface area contributed by atoms with Crippen molar-refractivity contribution in [2.75, 3.05) is 0 Å². The van der Waals surface area contributed by atoms with Crippen molar-refractivity contribution in [1.82, 2.24) is 9.97 Å². The molecule has 1 heterocycles. The third-order valence-electron chi connectivity index (χ3n) is 3.96. The third kappa shape index (κ3) is 3.64. The van der Waals surface area contributed by atoms with Crippen LogP contribution in [-0.2, 0) is 6.42 Å². The fourth-order valence-corrected chi connectivity index (χ4v) is 3.78. The fraction of sp³-hybridized carbons (Fsp3) is 0.0476. The number of benzene rings is 3. The van der Waals surface area contributed by atoms with Crippen LogP contribution in [0.4, 0.5) is 0 Å². The Labute approximate surface area is 149 Å². The first-order valence-electron chi connectivity index (χ1n) is 8.08. The number of nitrogens with one attached hydrogen (secondary N) is 1.